The number of nitrogens with zero attached hydrogens (tertiary/aromatic N) is 1. The van der Waals surface area contributed by atoms with Crippen LogP contribution in [0.15, 0.2) is 29.3 Å². The molecule has 0 radical (unpaired) electrons. The second-order valence-electron chi connectivity index (χ2n) is 5.86. The van der Waals surface area contributed by atoms with Crippen LogP contribution in [0.4, 0.5) is 0 Å². The largest absolute Gasteiger partial charge is 0.464 e. The number of ketones is 1. The van der Waals surface area contributed by atoms with Gasteiger partial charge in [-0.05, 0) is 12.7 Å². The number of hydrogen-bond donors (Lipinski definition) is 2. The van der Waals surface area contributed by atoms with Crippen molar-refractivity contribution in [3.05, 3.63) is 35.4 Å². The number of ether oxygens (including phenoxy) is 1. The van der Waals surface area contributed by atoms with Gasteiger partial charge in [0.15, 0.2) is 5.60 Å². The lowest BCUT2D eigenvalue weighted by molar-refractivity contribution is -0.164. The summed E-state index contributed by atoms with van der Waals surface area (Å²) in [6.07, 6.45) is 0. The Morgan fingerprint density at radius 3 is 2.79 bits per heavy atom. The van der Waals surface area contributed by atoms with Crippen LogP contribution in [0.3, 0.4) is 0 Å². The summed E-state index contributed by atoms with van der Waals surface area (Å²) in [6.45, 7) is 3.69. The van der Waals surface area contributed by atoms with Gasteiger partial charge in [-0.25, -0.2) is 0 Å². The van der Waals surface area contributed by atoms with Gasteiger partial charge in [-0.1, -0.05) is 31.2 Å². The van der Waals surface area contributed by atoms with Crippen molar-refractivity contribution in [1.29, 1.82) is 0 Å². The molecule has 3 rings (SSSR count). The molecule has 1 aromatic carbocycles. The first-order chi connectivity index (χ1) is 11.4. The molecule has 0 amide bonds. The van der Waals surface area contributed by atoms with E-state index in [9.17, 15) is 19.8 Å². The van der Waals surface area contributed by atoms with Crippen molar-refractivity contribution in [1.82, 2.24) is 0 Å². The van der Waals surface area contributed by atoms with E-state index in [-0.39, 0.29) is 23.4 Å². The summed E-state index contributed by atoms with van der Waals surface area (Å²) < 4.78 is 5.20. The molecule has 0 saturated heterocycles. The fourth-order valence-electron chi connectivity index (χ4n) is 3.42. The van der Waals surface area contributed by atoms with Gasteiger partial charge >= 0.3 is 5.97 Å². The van der Waals surface area contributed by atoms with Crippen molar-refractivity contribution in [2.75, 3.05) is 18.1 Å². The molecule has 1 aliphatic carbocycles. The number of rotatable bonds is 5. The van der Waals surface area contributed by atoms with E-state index in [1.165, 1.54) is 19.1 Å². The average molecular weight is 349 g/mol. The van der Waals surface area contributed by atoms with E-state index in [0.717, 1.165) is 5.75 Å². The van der Waals surface area contributed by atoms with Gasteiger partial charge in [0.05, 0.1) is 0 Å². The van der Waals surface area contributed by atoms with E-state index < -0.39 is 29.0 Å². The van der Waals surface area contributed by atoms with Crippen molar-refractivity contribution in [3.63, 3.8) is 0 Å². The van der Waals surface area contributed by atoms with E-state index >= 15 is 0 Å². The Labute approximate surface area is 143 Å². The normalized spacial score (nSPS) is 30.8. The van der Waals surface area contributed by atoms with Crippen LogP contribution in [0.1, 0.15) is 29.8 Å². The molecule has 1 heterocycles. The van der Waals surface area contributed by atoms with Crippen LogP contribution >= 0.6 is 11.8 Å². The van der Waals surface area contributed by atoms with Crippen LogP contribution in [-0.2, 0) is 15.3 Å². The summed E-state index contributed by atoms with van der Waals surface area (Å²) in [5.74, 6) is -1.23. The van der Waals surface area contributed by atoms with Crippen molar-refractivity contribution in [3.8, 4) is 0 Å². The van der Waals surface area contributed by atoms with Crippen LogP contribution in [0.5, 0.6) is 0 Å². The molecule has 3 atom stereocenters. The maximum Gasteiger partial charge on any atom is 0.318 e. The third-order valence-corrected chi connectivity index (χ3v) is 5.37. The minimum absolute atomic E-state index is 0.177. The van der Waals surface area contributed by atoms with Crippen LogP contribution < -0.4 is 0 Å². The Balaban J connectivity index is 1.94. The van der Waals surface area contributed by atoms with E-state index in [2.05, 4.69) is 4.99 Å². The Bertz CT molecular complexity index is 733. The Hall–Kier alpha value is -1.70. The Morgan fingerprint density at radius 1 is 1.38 bits per heavy atom. The zero-order valence-electron chi connectivity index (χ0n) is 13.5. The first-order valence-corrected chi connectivity index (χ1v) is 8.93. The lowest BCUT2D eigenvalue weighted by atomic mass is 9.79. The van der Waals surface area contributed by atoms with Crippen LogP contribution in [0.25, 0.3) is 0 Å². The number of fused-ring (bicyclic) bond motifs is 3. The highest BCUT2D eigenvalue weighted by Gasteiger charge is 2.72. The van der Waals surface area contributed by atoms with Crippen LogP contribution in [0, 0.1) is 5.92 Å². The molecule has 7 heteroatoms. The maximum atomic E-state index is 12.7. The fraction of sp³-hybridized carbons (Fsp3) is 0.471. The Kier molecular flexibility index (Phi) is 4.27. The average Bonchev–Trinajstić information content (AvgIpc) is 2.87. The van der Waals surface area contributed by atoms with E-state index in [1.54, 1.807) is 23.9 Å². The third-order valence-electron chi connectivity index (χ3n) is 4.51. The molecule has 0 aromatic heterocycles. The summed E-state index contributed by atoms with van der Waals surface area (Å²) in [6, 6.07) is 6.33. The fourth-order valence-corrected chi connectivity index (χ4v) is 3.91. The molecule has 1 aromatic rings. The predicted molar refractivity (Wildman–Crippen MR) is 90.2 cm³/mol. The number of hydrogen-bond acceptors (Lipinski definition) is 7. The van der Waals surface area contributed by atoms with Crippen molar-refractivity contribution in [2.45, 2.75) is 25.2 Å². The highest BCUT2D eigenvalue weighted by Crippen LogP contribution is 2.53. The summed E-state index contributed by atoms with van der Waals surface area (Å²) in [4.78, 5) is 29.3. The molecule has 0 spiro atoms. The maximum absolute atomic E-state index is 12.7. The predicted octanol–water partition coefficient (Wildman–Crippen LogP) is 1.15. The highest BCUT2D eigenvalue weighted by molar-refractivity contribution is 7.99. The zero-order chi connectivity index (χ0) is 17.5. The summed E-state index contributed by atoms with van der Waals surface area (Å²) in [5, 5.41) is 22.0. The van der Waals surface area contributed by atoms with E-state index in [1.807, 2.05) is 6.92 Å². The molecule has 0 fully saturated rings. The van der Waals surface area contributed by atoms with Crippen molar-refractivity contribution >= 4 is 29.2 Å². The molecule has 0 bridgehead atoms. The van der Waals surface area contributed by atoms with Gasteiger partial charge in [0.2, 0.25) is 11.5 Å². The van der Waals surface area contributed by atoms with E-state index in [4.69, 9.17) is 4.74 Å². The number of carbonyl (C=O) groups is 2. The number of benzene rings is 1. The molecule has 24 heavy (non-hydrogen) atoms. The molecule has 128 valence electrons. The van der Waals surface area contributed by atoms with Gasteiger partial charge in [0.25, 0.3) is 0 Å². The second kappa shape index (κ2) is 5.98. The van der Waals surface area contributed by atoms with Gasteiger partial charge in [0.1, 0.15) is 12.5 Å². The molecule has 0 unspecified atom stereocenters. The van der Waals surface area contributed by atoms with Crippen LogP contribution in [-0.4, -0.2) is 51.4 Å². The zero-order valence-corrected chi connectivity index (χ0v) is 14.3. The number of carbonyl (C=O) groups excluding carboxylic acids is 2. The molecule has 6 nitrogen and oxygen atoms in total. The molecule has 0 saturated carbocycles. The van der Waals surface area contributed by atoms with Crippen LogP contribution in [0.2, 0.25) is 0 Å². The Morgan fingerprint density at radius 2 is 2.08 bits per heavy atom. The van der Waals surface area contributed by atoms with Gasteiger partial charge in [0, 0.05) is 22.6 Å². The minimum atomic E-state index is -2.35. The first kappa shape index (κ1) is 17.1. The minimum Gasteiger partial charge on any atom is -0.464 e. The standard InChI is InChI=1S/C17H19NO5S/c1-3-24-9-8-23-15(20)13-10(2)18-17(22)12-7-5-4-6-11(12)14(19)16(13,17)21/h4-7,13,21-22H,3,8-9H2,1-2H3/t13-,16+,17-/m1/s1. The number of aliphatic imine (C=N–C) groups is 1. The number of aliphatic hydroxyl groups is 2. The monoisotopic (exact) mass is 349 g/mol. The summed E-state index contributed by atoms with van der Waals surface area (Å²) >= 11 is 1.62. The van der Waals surface area contributed by atoms with Gasteiger partial charge in [-0.3, -0.25) is 14.6 Å². The molecule has 1 aliphatic heterocycles. The van der Waals surface area contributed by atoms with Gasteiger partial charge in [-0.2, -0.15) is 11.8 Å². The third kappa shape index (κ3) is 2.15. The number of Topliss-reactive ketones (excluding diaryl/α,β-unsaturated/α-hetero) is 1. The molecular formula is C17H19NO5S. The number of thioether (sulfide) groups is 1. The second-order valence-corrected chi connectivity index (χ2v) is 7.26. The van der Waals surface area contributed by atoms with Crippen molar-refractivity contribution in [2.24, 2.45) is 10.9 Å². The lowest BCUT2D eigenvalue weighted by Gasteiger charge is -2.31. The smallest absolute Gasteiger partial charge is 0.318 e. The lowest BCUT2D eigenvalue weighted by Crippen LogP contribution is -2.56. The highest BCUT2D eigenvalue weighted by atomic mass is 32.2. The molecular weight excluding hydrogens is 330 g/mol. The molecule has 2 N–H and O–H groups in total. The van der Waals surface area contributed by atoms with Gasteiger partial charge < -0.3 is 14.9 Å². The number of esters is 1. The quantitative estimate of drug-likeness (QED) is 0.611. The summed E-state index contributed by atoms with van der Waals surface area (Å²) in [7, 11) is 0. The van der Waals surface area contributed by atoms with Crippen molar-refractivity contribution < 1.29 is 24.5 Å². The van der Waals surface area contributed by atoms with Gasteiger partial charge in [-0.15, -0.1) is 0 Å². The van der Waals surface area contributed by atoms with E-state index in [0.29, 0.717) is 5.75 Å². The first-order valence-electron chi connectivity index (χ1n) is 7.77. The SMILES string of the molecule is CCSCCOC(=O)[C@H]1C(C)=N[C@@]2(O)c3ccccc3C(=O)[C@@]12O. The topological polar surface area (TPSA) is 96.2 Å². The molecule has 2 aliphatic rings. The summed E-state index contributed by atoms with van der Waals surface area (Å²) in [5.41, 5.74) is -3.91.